The molecule has 0 saturated carbocycles. The monoisotopic (exact) mass is 327 g/mol. The summed E-state index contributed by atoms with van der Waals surface area (Å²) in [4.78, 5) is 25.5. The molecule has 0 aliphatic carbocycles. The van der Waals surface area contributed by atoms with Gasteiger partial charge in [0.25, 0.3) is 0 Å². The van der Waals surface area contributed by atoms with Gasteiger partial charge in [-0.15, -0.1) is 0 Å². The molecule has 24 heavy (non-hydrogen) atoms. The number of nitriles is 1. The molecule has 0 bridgehead atoms. The van der Waals surface area contributed by atoms with Crippen LogP contribution in [0.2, 0.25) is 0 Å². The van der Waals surface area contributed by atoms with Gasteiger partial charge in [0.15, 0.2) is 0 Å². The maximum Gasteiger partial charge on any atom is 0.407 e. The average Bonchev–Trinajstić information content (AvgIpc) is 2.60. The Morgan fingerprint density at radius 3 is 2.83 bits per heavy atom. The zero-order valence-electron chi connectivity index (χ0n) is 13.7. The normalized spacial score (nSPS) is 17.3. The van der Waals surface area contributed by atoms with Gasteiger partial charge >= 0.3 is 6.09 Å². The molecule has 2 amide bonds. The summed E-state index contributed by atoms with van der Waals surface area (Å²) in [5, 5.41) is 11.6. The number of amides is 2. The van der Waals surface area contributed by atoms with Crippen LogP contribution in [-0.4, -0.2) is 42.6 Å². The smallest absolute Gasteiger partial charge is 0.407 e. The molecule has 6 heteroatoms. The number of carbonyl (C=O) groups is 2. The number of carbonyl (C=O) groups excluding carboxylic acids is 2. The summed E-state index contributed by atoms with van der Waals surface area (Å²) in [5.41, 5.74) is 1.45. The van der Waals surface area contributed by atoms with Crippen LogP contribution in [0.25, 0.3) is 6.08 Å². The van der Waals surface area contributed by atoms with Crippen LogP contribution in [-0.2, 0) is 9.53 Å². The van der Waals surface area contributed by atoms with Gasteiger partial charge in [0.2, 0.25) is 5.91 Å². The summed E-state index contributed by atoms with van der Waals surface area (Å²) < 4.78 is 4.87. The highest BCUT2D eigenvalue weighted by Crippen LogP contribution is 2.12. The Labute approximate surface area is 141 Å². The second-order valence-corrected chi connectivity index (χ2v) is 5.56. The van der Waals surface area contributed by atoms with E-state index in [0.717, 1.165) is 18.4 Å². The second kappa shape index (κ2) is 8.73. The molecule has 1 saturated heterocycles. The zero-order valence-corrected chi connectivity index (χ0v) is 13.7. The lowest BCUT2D eigenvalue weighted by molar-refractivity contribution is -0.127. The van der Waals surface area contributed by atoms with E-state index >= 15 is 0 Å². The van der Waals surface area contributed by atoms with E-state index in [1.807, 2.05) is 0 Å². The first-order valence-corrected chi connectivity index (χ1v) is 8.03. The van der Waals surface area contributed by atoms with E-state index in [4.69, 9.17) is 10.00 Å². The van der Waals surface area contributed by atoms with Gasteiger partial charge < -0.3 is 15.0 Å². The molecule has 2 rings (SSSR count). The minimum Gasteiger partial charge on any atom is -0.450 e. The third kappa shape index (κ3) is 5.13. The van der Waals surface area contributed by atoms with Gasteiger partial charge in [0, 0.05) is 25.2 Å². The Balaban J connectivity index is 1.90. The van der Waals surface area contributed by atoms with E-state index in [-0.39, 0.29) is 11.9 Å². The lowest BCUT2D eigenvalue weighted by atomic mass is 10.1. The molecule has 1 N–H and O–H groups in total. The minimum atomic E-state index is -0.440. The Hall–Kier alpha value is -2.81. The lowest BCUT2D eigenvalue weighted by Gasteiger charge is -2.32. The fourth-order valence-electron chi connectivity index (χ4n) is 2.58. The number of alkyl carbamates (subject to hydrolysis) is 1. The second-order valence-electron chi connectivity index (χ2n) is 5.56. The van der Waals surface area contributed by atoms with Crippen LogP contribution < -0.4 is 5.32 Å². The van der Waals surface area contributed by atoms with Crippen molar-refractivity contribution in [2.24, 2.45) is 0 Å². The van der Waals surface area contributed by atoms with E-state index in [0.29, 0.717) is 25.3 Å². The molecule has 1 aromatic carbocycles. The topological polar surface area (TPSA) is 82.4 Å². The van der Waals surface area contributed by atoms with Crippen molar-refractivity contribution < 1.29 is 14.3 Å². The maximum absolute atomic E-state index is 12.3. The van der Waals surface area contributed by atoms with E-state index in [1.54, 1.807) is 42.2 Å². The van der Waals surface area contributed by atoms with Gasteiger partial charge in [-0.05, 0) is 43.5 Å². The highest BCUT2D eigenvalue weighted by atomic mass is 16.5. The summed E-state index contributed by atoms with van der Waals surface area (Å²) >= 11 is 0. The van der Waals surface area contributed by atoms with Crippen LogP contribution in [0.3, 0.4) is 0 Å². The number of hydrogen-bond acceptors (Lipinski definition) is 4. The van der Waals surface area contributed by atoms with Crippen molar-refractivity contribution in [3.05, 3.63) is 41.5 Å². The number of ether oxygens (including phenoxy) is 1. The van der Waals surface area contributed by atoms with Crippen LogP contribution >= 0.6 is 0 Å². The van der Waals surface area contributed by atoms with E-state index in [9.17, 15) is 9.59 Å². The fraction of sp³-hybridized carbons (Fsp3) is 0.389. The van der Waals surface area contributed by atoms with Crippen molar-refractivity contribution in [1.29, 1.82) is 5.26 Å². The van der Waals surface area contributed by atoms with Gasteiger partial charge in [0.05, 0.1) is 18.2 Å². The molecule has 0 spiro atoms. The number of nitrogens with zero attached hydrogens (tertiary/aromatic N) is 2. The number of hydrogen-bond donors (Lipinski definition) is 1. The van der Waals surface area contributed by atoms with Crippen molar-refractivity contribution >= 4 is 18.1 Å². The number of rotatable bonds is 4. The third-order valence-electron chi connectivity index (χ3n) is 3.79. The Morgan fingerprint density at radius 1 is 1.42 bits per heavy atom. The predicted octanol–water partition coefficient (Wildman–Crippen LogP) is 2.31. The lowest BCUT2D eigenvalue weighted by Crippen LogP contribution is -2.49. The number of likely N-dealkylation sites (tertiary alicyclic amines) is 1. The molecule has 1 fully saturated rings. The van der Waals surface area contributed by atoms with Gasteiger partial charge in [-0.25, -0.2) is 4.79 Å². The molecular formula is C18H21N3O3. The van der Waals surface area contributed by atoms with E-state index < -0.39 is 6.09 Å². The highest BCUT2D eigenvalue weighted by molar-refractivity contribution is 5.91. The average molecular weight is 327 g/mol. The molecule has 1 aromatic rings. The number of benzene rings is 1. The number of nitrogens with one attached hydrogen (secondary N) is 1. The quantitative estimate of drug-likeness (QED) is 0.860. The van der Waals surface area contributed by atoms with Crippen molar-refractivity contribution in [2.45, 2.75) is 25.8 Å². The highest BCUT2D eigenvalue weighted by Gasteiger charge is 2.23. The molecule has 0 radical (unpaired) electrons. The van der Waals surface area contributed by atoms with Crippen molar-refractivity contribution in [3.8, 4) is 6.07 Å². The Morgan fingerprint density at radius 2 is 2.17 bits per heavy atom. The SMILES string of the molecule is CCOC(=O)NC1CCCN(C(=O)/C=C/c2ccc(C#N)cc2)C1. The zero-order chi connectivity index (χ0) is 17.4. The Kier molecular flexibility index (Phi) is 6.38. The molecule has 1 atom stereocenters. The van der Waals surface area contributed by atoms with Crippen molar-refractivity contribution in [1.82, 2.24) is 10.2 Å². The molecule has 0 aromatic heterocycles. The molecule has 6 nitrogen and oxygen atoms in total. The first-order chi connectivity index (χ1) is 11.6. The fourth-order valence-corrected chi connectivity index (χ4v) is 2.58. The first-order valence-electron chi connectivity index (χ1n) is 8.03. The third-order valence-corrected chi connectivity index (χ3v) is 3.79. The van der Waals surface area contributed by atoms with Gasteiger partial charge in [-0.3, -0.25) is 4.79 Å². The summed E-state index contributed by atoms with van der Waals surface area (Å²) in [6.07, 6.45) is 4.49. The summed E-state index contributed by atoms with van der Waals surface area (Å²) in [7, 11) is 0. The summed E-state index contributed by atoms with van der Waals surface area (Å²) in [6.45, 7) is 3.24. The Bertz CT molecular complexity index is 646. The molecule has 1 aliphatic heterocycles. The van der Waals surface area contributed by atoms with Crippen LogP contribution in [0.15, 0.2) is 30.3 Å². The number of piperidine rings is 1. The van der Waals surface area contributed by atoms with Crippen molar-refractivity contribution in [3.63, 3.8) is 0 Å². The first kappa shape index (κ1) is 17.5. The van der Waals surface area contributed by atoms with Crippen LogP contribution in [0.4, 0.5) is 4.79 Å². The largest absolute Gasteiger partial charge is 0.450 e. The van der Waals surface area contributed by atoms with Gasteiger partial charge in [0.1, 0.15) is 0 Å². The van der Waals surface area contributed by atoms with Gasteiger partial charge in [-0.2, -0.15) is 5.26 Å². The van der Waals surface area contributed by atoms with Crippen LogP contribution in [0.5, 0.6) is 0 Å². The van der Waals surface area contributed by atoms with E-state index in [2.05, 4.69) is 11.4 Å². The van der Waals surface area contributed by atoms with Crippen LogP contribution in [0, 0.1) is 11.3 Å². The summed E-state index contributed by atoms with van der Waals surface area (Å²) in [6, 6.07) is 8.99. The minimum absolute atomic E-state index is 0.0786. The molecule has 1 unspecified atom stereocenters. The maximum atomic E-state index is 12.3. The molecule has 1 heterocycles. The van der Waals surface area contributed by atoms with Crippen molar-refractivity contribution in [2.75, 3.05) is 19.7 Å². The predicted molar refractivity (Wildman–Crippen MR) is 90.0 cm³/mol. The standard InChI is InChI=1S/C18H21N3O3/c1-2-24-18(23)20-16-4-3-11-21(13-16)17(22)10-9-14-5-7-15(12-19)8-6-14/h5-10,16H,2-4,11,13H2,1H3,(H,20,23)/b10-9+. The van der Waals surface area contributed by atoms with Gasteiger partial charge in [-0.1, -0.05) is 12.1 Å². The van der Waals surface area contributed by atoms with E-state index in [1.165, 1.54) is 6.08 Å². The van der Waals surface area contributed by atoms with Crippen LogP contribution in [0.1, 0.15) is 30.9 Å². The molecule has 126 valence electrons. The molecular weight excluding hydrogens is 306 g/mol. The summed E-state index contributed by atoms with van der Waals surface area (Å²) in [5.74, 6) is -0.0882. The molecule has 1 aliphatic rings.